The van der Waals surface area contributed by atoms with Gasteiger partial charge in [0.15, 0.2) is 0 Å². The fourth-order valence-electron chi connectivity index (χ4n) is 1.94. The molecule has 5 nitrogen and oxygen atoms in total. The quantitative estimate of drug-likeness (QED) is 0.859. The van der Waals surface area contributed by atoms with E-state index in [1.54, 1.807) is 30.0 Å². The van der Waals surface area contributed by atoms with E-state index in [0.29, 0.717) is 18.7 Å². The molecule has 20 heavy (non-hydrogen) atoms. The van der Waals surface area contributed by atoms with Crippen LogP contribution >= 0.6 is 0 Å². The van der Waals surface area contributed by atoms with Crippen LogP contribution in [0.2, 0.25) is 0 Å². The normalized spacial score (nSPS) is 11.4. The van der Waals surface area contributed by atoms with Crippen molar-refractivity contribution in [3.05, 3.63) is 35.4 Å². The fraction of sp³-hybridized carbons (Fsp3) is 0.400. The van der Waals surface area contributed by atoms with Gasteiger partial charge in [-0.3, -0.25) is 4.79 Å². The van der Waals surface area contributed by atoms with Crippen LogP contribution in [-0.4, -0.2) is 35.0 Å². The van der Waals surface area contributed by atoms with Crippen LogP contribution in [-0.2, 0) is 11.2 Å². The topological polar surface area (TPSA) is 81.4 Å². The van der Waals surface area contributed by atoms with Crippen LogP contribution in [0.15, 0.2) is 24.3 Å². The molecule has 0 spiro atoms. The van der Waals surface area contributed by atoms with Gasteiger partial charge in [0.05, 0.1) is 24.0 Å². The Hall–Kier alpha value is -2.35. The molecule has 1 unspecified atom stereocenters. The Balaban J connectivity index is 2.84. The third-order valence-electron chi connectivity index (χ3n) is 3.04. The lowest BCUT2D eigenvalue weighted by Gasteiger charge is -2.22. The third-order valence-corrected chi connectivity index (χ3v) is 3.04. The monoisotopic (exact) mass is 274 g/mol. The van der Waals surface area contributed by atoms with E-state index in [-0.39, 0.29) is 23.8 Å². The summed E-state index contributed by atoms with van der Waals surface area (Å²) in [5, 5.41) is 17.9. The van der Waals surface area contributed by atoms with Gasteiger partial charge in [-0.2, -0.15) is 5.26 Å². The van der Waals surface area contributed by atoms with Crippen molar-refractivity contribution < 1.29 is 14.7 Å². The van der Waals surface area contributed by atoms with Crippen molar-refractivity contribution in [2.45, 2.75) is 20.3 Å². The lowest BCUT2D eigenvalue weighted by molar-refractivity contribution is -0.130. The lowest BCUT2D eigenvalue weighted by atomic mass is 10.0. The molecule has 1 aromatic carbocycles. The number of hydrogen-bond donors (Lipinski definition) is 1. The average Bonchev–Trinajstić information content (AvgIpc) is 2.44. The van der Waals surface area contributed by atoms with Crippen LogP contribution < -0.4 is 0 Å². The molecule has 0 saturated heterocycles. The Bertz CT molecular complexity index is 534. The molecule has 0 aliphatic heterocycles. The van der Waals surface area contributed by atoms with Gasteiger partial charge in [-0.15, -0.1) is 0 Å². The van der Waals surface area contributed by atoms with Gasteiger partial charge < -0.3 is 10.0 Å². The van der Waals surface area contributed by atoms with Crippen molar-refractivity contribution in [3.8, 4) is 6.07 Å². The summed E-state index contributed by atoms with van der Waals surface area (Å²) in [5.41, 5.74) is 0.637. The van der Waals surface area contributed by atoms with Gasteiger partial charge in [0, 0.05) is 13.1 Å². The largest absolute Gasteiger partial charge is 0.478 e. The number of nitrogens with zero attached hydrogens (tertiary/aromatic N) is 2. The summed E-state index contributed by atoms with van der Waals surface area (Å²) >= 11 is 0. The summed E-state index contributed by atoms with van der Waals surface area (Å²) in [4.78, 5) is 24.9. The summed E-state index contributed by atoms with van der Waals surface area (Å²) in [6, 6.07) is 8.56. The number of carboxylic acid groups (broad SMARTS) is 1. The van der Waals surface area contributed by atoms with Gasteiger partial charge in [-0.25, -0.2) is 4.79 Å². The zero-order valence-corrected chi connectivity index (χ0v) is 11.7. The number of nitriles is 1. The molecule has 1 amide bonds. The lowest BCUT2D eigenvalue weighted by Crippen LogP contribution is -2.35. The molecule has 1 rings (SSSR count). The molecule has 106 valence electrons. The highest BCUT2D eigenvalue weighted by Gasteiger charge is 2.18. The van der Waals surface area contributed by atoms with E-state index < -0.39 is 5.97 Å². The first-order chi connectivity index (χ1) is 9.49. The number of hydrogen-bond acceptors (Lipinski definition) is 3. The number of benzene rings is 1. The van der Waals surface area contributed by atoms with Crippen LogP contribution in [0.1, 0.15) is 29.8 Å². The molecular formula is C15H18N2O3. The van der Waals surface area contributed by atoms with Gasteiger partial charge in [0.25, 0.3) is 0 Å². The first-order valence-electron chi connectivity index (χ1n) is 6.48. The first kappa shape index (κ1) is 15.7. The fourth-order valence-corrected chi connectivity index (χ4v) is 1.94. The molecule has 1 aromatic rings. The Labute approximate surface area is 118 Å². The third kappa shape index (κ3) is 4.09. The van der Waals surface area contributed by atoms with Crippen LogP contribution in [0.4, 0.5) is 0 Å². The minimum Gasteiger partial charge on any atom is -0.478 e. The number of likely N-dealkylation sites (N-methyl/N-ethyl adjacent to an activating group) is 1. The molecule has 0 radical (unpaired) electrons. The van der Waals surface area contributed by atoms with Crippen LogP contribution in [0.3, 0.4) is 0 Å². The first-order valence-corrected chi connectivity index (χ1v) is 6.48. The molecular weight excluding hydrogens is 256 g/mol. The van der Waals surface area contributed by atoms with E-state index >= 15 is 0 Å². The van der Waals surface area contributed by atoms with Gasteiger partial charge in [0.1, 0.15) is 0 Å². The Morgan fingerprint density at radius 1 is 1.40 bits per heavy atom. The second-order valence-corrected chi connectivity index (χ2v) is 4.60. The van der Waals surface area contributed by atoms with Gasteiger partial charge >= 0.3 is 5.97 Å². The van der Waals surface area contributed by atoms with Gasteiger partial charge in [0.2, 0.25) is 5.91 Å². The molecule has 1 N–H and O–H groups in total. The van der Waals surface area contributed by atoms with Crippen LogP contribution in [0.5, 0.6) is 0 Å². The molecule has 0 aromatic heterocycles. The van der Waals surface area contributed by atoms with Crippen molar-refractivity contribution in [1.29, 1.82) is 5.26 Å². The molecule has 0 bridgehead atoms. The summed E-state index contributed by atoms with van der Waals surface area (Å²) < 4.78 is 0. The molecule has 5 heteroatoms. The van der Waals surface area contributed by atoms with E-state index in [1.165, 1.54) is 6.07 Å². The summed E-state index contributed by atoms with van der Waals surface area (Å²) in [6.45, 7) is 4.45. The molecule has 0 fully saturated rings. The molecule has 0 aliphatic carbocycles. The second-order valence-electron chi connectivity index (χ2n) is 4.60. The Kier molecular flexibility index (Phi) is 5.73. The minimum absolute atomic E-state index is 0.0362. The van der Waals surface area contributed by atoms with E-state index in [0.717, 1.165) is 0 Å². The standard InChI is InChI=1S/C15H18N2O3/c1-3-17(10-11(2)9-16)14(18)8-12-6-4-5-7-13(12)15(19)20/h4-7,11H,3,8,10H2,1-2H3,(H,19,20). The van der Waals surface area contributed by atoms with Crippen molar-refractivity contribution in [2.24, 2.45) is 5.92 Å². The van der Waals surface area contributed by atoms with Crippen molar-refractivity contribution in [1.82, 2.24) is 4.90 Å². The highest BCUT2D eigenvalue weighted by atomic mass is 16.4. The number of carboxylic acids is 1. The summed E-state index contributed by atoms with van der Waals surface area (Å²) in [7, 11) is 0. The predicted octanol–water partition coefficient (Wildman–Crippen LogP) is 1.94. The maximum Gasteiger partial charge on any atom is 0.335 e. The number of amides is 1. The Morgan fingerprint density at radius 2 is 2.05 bits per heavy atom. The smallest absolute Gasteiger partial charge is 0.335 e. The molecule has 0 heterocycles. The molecule has 0 aliphatic rings. The van der Waals surface area contributed by atoms with Gasteiger partial charge in [-0.1, -0.05) is 18.2 Å². The van der Waals surface area contributed by atoms with Crippen LogP contribution in [0.25, 0.3) is 0 Å². The zero-order chi connectivity index (χ0) is 15.1. The van der Waals surface area contributed by atoms with Crippen LogP contribution in [0, 0.1) is 17.2 Å². The van der Waals surface area contributed by atoms with Crippen molar-refractivity contribution in [3.63, 3.8) is 0 Å². The van der Waals surface area contributed by atoms with E-state index in [4.69, 9.17) is 10.4 Å². The molecule has 1 atom stereocenters. The SMILES string of the molecule is CCN(CC(C)C#N)C(=O)Cc1ccccc1C(=O)O. The minimum atomic E-state index is -1.04. The van der Waals surface area contributed by atoms with Gasteiger partial charge in [-0.05, 0) is 25.5 Å². The zero-order valence-electron chi connectivity index (χ0n) is 11.7. The number of carbonyl (C=O) groups is 2. The van der Waals surface area contributed by atoms with E-state index in [2.05, 4.69) is 6.07 Å². The summed E-state index contributed by atoms with van der Waals surface area (Å²) in [6.07, 6.45) is 0.0362. The molecule has 0 saturated carbocycles. The highest BCUT2D eigenvalue weighted by molar-refractivity contribution is 5.91. The number of carbonyl (C=O) groups excluding carboxylic acids is 1. The highest BCUT2D eigenvalue weighted by Crippen LogP contribution is 2.11. The second kappa shape index (κ2) is 7.29. The average molecular weight is 274 g/mol. The maximum absolute atomic E-state index is 12.2. The number of rotatable bonds is 6. The van der Waals surface area contributed by atoms with Crippen molar-refractivity contribution in [2.75, 3.05) is 13.1 Å². The Morgan fingerprint density at radius 3 is 2.60 bits per heavy atom. The summed E-state index contributed by atoms with van der Waals surface area (Å²) in [5.74, 6) is -1.45. The number of aromatic carboxylic acids is 1. The van der Waals surface area contributed by atoms with E-state index in [9.17, 15) is 9.59 Å². The predicted molar refractivity (Wildman–Crippen MR) is 74.1 cm³/mol. The maximum atomic E-state index is 12.2. The van der Waals surface area contributed by atoms with E-state index in [1.807, 2.05) is 6.92 Å². The van der Waals surface area contributed by atoms with Crippen molar-refractivity contribution >= 4 is 11.9 Å².